The zero-order valence-electron chi connectivity index (χ0n) is 9.77. The standard InChI is InChI=1S/C14H10BrClO3/c15-10-3-6-13(12(7-10)14(17)18)19-8-9-1-4-11(16)5-2-9/h1-7H,8H2,(H,17,18). The maximum atomic E-state index is 11.1. The summed E-state index contributed by atoms with van der Waals surface area (Å²) >= 11 is 9.02. The first-order chi connectivity index (χ1) is 9.06. The van der Waals surface area contributed by atoms with Gasteiger partial charge in [0.05, 0.1) is 0 Å². The molecule has 0 aliphatic heterocycles. The van der Waals surface area contributed by atoms with Crippen molar-refractivity contribution in [3.05, 3.63) is 63.1 Å². The van der Waals surface area contributed by atoms with E-state index >= 15 is 0 Å². The van der Waals surface area contributed by atoms with Gasteiger partial charge in [-0.1, -0.05) is 39.7 Å². The lowest BCUT2D eigenvalue weighted by Crippen LogP contribution is -2.03. The van der Waals surface area contributed by atoms with Gasteiger partial charge in [-0.15, -0.1) is 0 Å². The van der Waals surface area contributed by atoms with Gasteiger partial charge >= 0.3 is 5.97 Å². The Hall–Kier alpha value is -1.52. The number of rotatable bonds is 4. The predicted molar refractivity (Wildman–Crippen MR) is 76.9 cm³/mol. The summed E-state index contributed by atoms with van der Waals surface area (Å²) in [5.41, 5.74) is 1.05. The topological polar surface area (TPSA) is 46.5 Å². The lowest BCUT2D eigenvalue weighted by Gasteiger charge is -2.09. The van der Waals surface area contributed by atoms with Crippen LogP contribution in [0.25, 0.3) is 0 Å². The maximum absolute atomic E-state index is 11.1. The van der Waals surface area contributed by atoms with E-state index in [1.165, 1.54) is 6.07 Å². The van der Waals surface area contributed by atoms with Gasteiger partial charge in [0.1, 0.15) is 17.9 Å². The van der Waals surface area contributed by atoms with E-state index in [1.54, 1.807) is 24.3 Å². The Morgan fingerprint density at radius 2 is 1.89 bits per heavy atom. The molecule has 2 aromatic rings. The lowest BCUT2D eigenvalue weighted by molar-refractivity contribution is 0.0691. The van der Waals surface area contributed by atoms with Gasteiger partial charge in [-0.25, -0.2) is 4.79 Å². The van der Waals surface area contributed by atoms with E-state index in [4.69, 9.17) is 21.4 Å². The van der Waals surface area contributed by atoms with Crippen LogP contribution < -0.4 is 4.74 Å². The second-order valence-corrected chi connectivity index (χ2v) is 5.21. The van der Waals surface area contributed by atoms with Crippen LogP contribution in [0.4, 0.5) is 0 Å². The minimum atomic E-state index is -1.02. The molecule has 1 N–H and O–H groups in total. The monoisotopic (exact) mass is 340 g/mol. The SMILES string of the molecule is O=C(O)c1cc(Br)ccc1OCc1ccc(Cl)cc1. The highest BCUT2D eigenvalue weighted by Crippen LogP contribution is 2.24. The largest absolute Gasteiger partial charge is 0.488 e. The molecule has 5 heteroatoms. The molecular formula is C14H10BrClO3. The Labute approximate surface area is 123 Å². The van der Waals surface area contributed by atoms with Gasteiger partial charge in [0.15, 0.2) is 0 Å². The molecule has 0 spiro atoms. The van der Waals surface area contributed by atoms with Crippen molar-refractivity contribution < 1.29 is 14.6 Å². The van der Waals surface area contributed by atoms with Gasteiger partial charge in [0.2, 0.25) is 0 Å². The summed E-state index contributed by atoms with van der Waals surface area (Å²) in [6.07, 6.45) is 0. The van der Waals surface area contributed by atoms with Crippen molar-refractivity contribution in [3.63, 3.8) is 0 Å². The number of carbonyl (C=O) groups is 1. The quantitative estimate of drug-likeness (QED) is 0.897. The average Bonchev–Trinajstić information content (AvgIpc) is 2.39. The molecule has 0 fully saturated rings. The Balaban J connectivity index is 2.15. The molecule has 3 nitrogen and oxygen atoms in total. The zero-order chi connectivity index (χ0) is 13.8. The molecule has 0 unspecified atom stereocenters. The highest BCUT2D eigenvalue weighted by atomic mass is 79.9. The molecule has 98 valence electrons. The number of hydrogen-bond acceptors (Lipinski definition) is 2. The molecule has 0 radical (unpaired) electrons. The van der Waals surface area contributed by atoms with E-state index in [1.807, 2.05) is 12.1 Å². The smallest absolute Gasteiger partial charge is 0.339 e. The van der Waals surface area contributed by atoms with E-state index in [0.717, 1.165) is 5.56 Å². The third kappa shape index (κ3) is 3.72. The fourth-order valence-corrected chi connectivity index (χ4v) is 2.02. The minimum Gasteiger partial charge on any atom is -0.488 e. The molecule has 0 aromatic heterocycles. The van der Waals surface area contributed by atoms with Gasteiger partial charge in [0.25, 0.3) is 0 Å². The van der Waals surface area contributed by atoms with Crippen molar-refractivity contribution in [2.45, 2.75) is 6.61 Å². The average molecular weight is 342 g/mol. The molecule has 19 heavy (non-hydrogen) atoms. The predicted octanol–water partition coefficient (Wildman–Crippen LogP) is 4.38. The van der Waals surface area contributed by atoms with Crippen LogP contribution in [-0.4, -0.2) is 11.1 Å². The van der Waals surface area contributed by atoms with Crippen LogP contribution in [0, 0.1) is 0 Å². The normalized spacial score (nSPS) is 10.2. The van der Waals surface area contributed by atoms with E-state index < -0.39 is 5.97 Å². The van der Waals surface area contributed by atoms with Gasteiger partial charge in [-0.05, 0) is 35.9 Å². The third-order valence-electron chi connectivity index (χ3n) is 2.48. The molecule has 0 bridgehead atoms. The second-order valence-electron chi connectivity index (χ2n) is 3.86. The number of benzene rings is 2. The van der Waals surface area contributed by atoms with Crippen molar-refractivity contribution in [2.75, 3.05) is 0 Å². The summed E-state index contributed by atoms with van der Waals surface area (Å²) in [4.78, 5) is 11.1. The van der Waals surface area contributed by atoms with Crippen molar-refractivity contribution >= 4 is 33.5 Å². The number of carboxylic acid groups (broad SMARTS) is 1. The second kappa shape index (κ2) is 6.08. The number of aromatic carboxylic acids is 1. The maximum Gasteiger partial charge on any atom is 0.339 e. The fourth-order valence-electron chi connectivity index (χ4n) is 1.54. The lowest BCUT2D eigenvalue weighted by atomic mass is 10.2. The summed E-state index contributed by atoms with van der Waals surface area (Å²) in [5, 5.41) is 9.76. The van der Waals surface area contributed by atoms with Crippen LogP contribution in [0.1, 0.15) is 15.9 Å². The van der Waals surface area contributed by atoms with Crippen LogP contribution >= 0.6 is 27.5 Å². The Morgan fingerprint density at radius 1 is 1.21 bits per heavy atom. The molecule has 0 aliphatic rings. The van der Waals surface area contributed by atoms with Crippen LogP contribution in [0.3, 0.4) is 0 Å². The molecule has 0 saturated carbocycles. The van der Waals surface area contributed by atoms with Gasteiger partial charge in [-0.2, -0.15) is 0 Å². The van der Waals surface area contributed by atoms with E-state index in [2.05, 4.69) is 15.9 Å². The first kappa shape index (κ1) is 13.9. The van der Waals surface area contributed by atoms with Crippen LogP contribution in [0.5, 0.6) is 5.75 Å². The summed E-state index contributed by atoms with van der Waals surface area (Å²) in [6, 6.07) is 12.1. The van der Waals surface area contributed by atoms with Gasteiger partial charge in [-0.3, -0.25) is 0 Å². The zero-order valence-corrected chi connectivity index (χ0v) is 12.1. The van der Waals surface area contributed by atoms with Crippen LogP contribution in [-0.2, 0) is 6.61 Å². The number of halogens is 2. The summed E-state index contributed by atoms with van der Waals surface area (Å²) < 4.78 is 6.23. The Morgan fingerprint density at radius 3 is 2.53 bits per heavy atom. The van der Waals surface area contributed by atoms with Crippen LogP contribution in [0.2, 0.25) is 5.02 Å². The van der Waals surface area contributed by atoms with Crippen LogP contribution in [0.15, 0.2) is 46.9 Å². The summed E-state index contributed by atoms with van der Waals surface area (Å²) in [5.74, 6) is -0.682. The van der Waals surface area contributed by atoms with Crippen molar-refractivity contribution in [2.24, 2.45) is 0 Å². The molecule has 2 aromatic carbocycles. The summed E-state index contributed by atoms with van der Waals surface area (Å²) in [7, 11) is 0. The molecule has 0 atom stereocenters. The molecule has 0 amide bonds. The van der Waals surface area contributed by atoms with E-state index in [9.17, 15) is 4.79 Å². The fraction of sp³-hybridized carbons (Fsp3) is 0.0714. The van der Waals surface area contributed by atoms with Crippen molar-refractivity contribution in [3.8, 4) is 5.75 Å². The van der Waals surface area contributed by atoms with E-state index in [0.29, 0.717) is 21.9 Å². The molecule has 0 heterocycles. The highest BCUT2D eigenvalue weighted by Gasteiger charge is 2.11. The molecule has 0 saturated heterocycles. The highest BCUT2D eigenvalue weighted by molar-refractivity contribution is 9.10. The number of ether oxygens (including phenoxy) is 1. The first-order valence-electron chi connectivity index (χ1n) is 5.46. The first-order valence-corrected chi connectivity index (χ1v) is 6.63. The third-order valence-corrected chi connectivity index (χ3v) is 3.22. The minimum absolute atomic E-state index is 0.128. The van der Waals surface area contributed by atoms with Crippen molar-refractivity contribution in [1.82, 2.24) is 0 Å². The molecule has 2 rings (SSSR count). The molecule has 0 aliphatic carbocycles. The summed E-state index contributed by atoms with van der Waals surface area (Å²) in [6.45, 7) is 0.291. The Kier molecular flexibility index (Phi) is 4.45. The Bertz CT molecular complexity index is 596. The van der Waals surface area contributed by atoms with Crippen molar-refractivity contribution in [1.29, 1.82) is 0 Å². The number of hydrogen-bond donors (Lipinski definition) is 1. The van der Waals surface area contributed by atoms with Gasteiger partial charge < -0.3 is 9.84 Å². The van der Waals surface area contributed by atoms with E-state index in [-0.39, 0.29) is 5.56 Å². The number of carboxylic acids is 1. The van der Waals surface area contributed by atoms with Gasteiger partial charge in [0, 0.05) is 9.50 Å². The molecular weight excluding hydrogens is 332 g/mol.